The summed E-state index contributed by atoms with van der Waals surface area (Å²) in [6, 6.07) is 0. The lowest BCUT2D eigenvalue weighted by atomic mass is 10.0. The number of allylic oxidation sites excluding steroid dienone is 6. The first kappa shape index (κ1) is 69.6. The van der Waals surface area contributed by atoms with Crippen LogP contribution in [0.25, 0.3) is 0 Å². The third kappa shape index (κ3) is 58.5. The van der Waals surface area contributed by atoms with Crippen molar-refractivity contribution in [3.63, 3.8) is 0 Å². The summed E-state index contributed by atoms with van der Waals surface area (Å²) in [5.74, 6) is -0.869. The molecule has 6 heteroatoms. The molecule has 422 valence electrons. The van der Waals surface area contributed by atoms with E-state index in [9.17, 15) is 14.4 Å². The molecule has 0 bridgehead atoms. The van der Waals surface area contributed by atoms with Crippen molar-refractivity contribution in [3.8, 4) is 0 Å². The summed E-state index contributed by atoms with van der Waals surface area (Å²) in [4.78, 5) is 38.3. The second-order valence-electron chi connectivity index (χ2n) is 21.7. The van der Waals surface area contributed by atoms with Gasteiger partial charge in [0, 0.05) is 19.3 Å². The quantitative estimate of drug-likeness (QED) is 0.0261. The number of rotatable bonds is 59. The van der Waals surface area contributed by atoms with Gasteiger partial charge in [0.25, 0.3) is 0 Å². The van der Waals surface area contributed by atoms with Gasteiger partial charge in [-0.15, -0.1) is 0 Å². The molecule has 0 aliphatic carbocycles. The maximum atomic E-state index is 12.9. The van der Waals surface area contributed by atoms with Gasteiger partial charge in [-0.25, -0.2) is 0 Å². The van der Waals surface area contributed by atoms with Crippen molar-refractivity contribution in [2.75, 3.05) is 13.2 Å². The van der Waals surface area contributed by atoms with Crippen LogP contribution in [0.2, 0.25) is 0 Å². The molecule has 0 saturated heterocycles. The second kappa shape index (κ2) is 61.2. The number of hydrogen-bond acceptors (Lipinski definition) is 6. The Balaban J connectivity index is 4.25. The first-order valence-electron chi connectivity index (χ1n) is 32.0. The van der Waals surface area contributed by atoms with E-state index in [1.54, 1.807) is 0 Å². The molecule has 0 heterocycles. The molecular weight excluding hydrogens is 889 g/mol. The zero-order chi connectivity index (χ0) is 52.2. The van der Waals surface area contributed by atoms with E-state index in [0.29, 0.717) is 19.3 Å². The molecule has 0 N–H and O–H groups in total. The van der Waals surface area contributed by atoms with Gasteiger partial charge < -0.3 is 14.2 Å². The molecule has 0 aromatic carbocycles. The lowest BCUT2D eigenvalue weighted by Gasteiger charge is -2.18. The zero-order valence-corrected chi connectivity index (χ0v) is 48.5. The number of ether oxygens (including phenoxy) is 3. The number of esters is 3. The van der Waals surface area contributed by atoms with Crippen molar-refractivity contribution in [3.05, 3.63) is 36.5 Å². The van der Waals surface area contributed by atoms with Crippen LogP contribution in [0.15, 0.2) is 36.5 Å². The molecule has 0 aliphatic heterocycles. The average Bonchev–Trinajstić information content (AvgIpc) is 3.38. The minimum Gasteiger partial charge on any atom is -0.462 e. The van der Waals surface area contributed by atoms with Crippen molar-refractivity contribution in [2.24, 2.45) is 0 Å². The van der Waals surface area contributed by atoms with Gasteiger partial charge in [-0.1, -0.05) is 288 Å². The lowest BCUT2D eigenvalue weighted by Crippen LogP contribution is -2.30. The number of unbranched alkanes of at least 4 members (excludes halogenated alkanes) is 42. The average molecular weight is 1010 g/mol. The van der Waals surface area contributed by atoms with Crippen molar-refractivity contribution >= 4 is 17.9 Å². The molecule has 6 nitrogen and oxygen atoms in total. The number of carbonyl (C=O) groups is 3. The Labute approximate surface area is 448 Å². The van der Waals surface area contributed by atoms with E-state index in [2.05, 4.69) is 57.2 Å². The minimum atomic E-state index is -0.778. The van der Waals surface area contributed by atoms with E-state index in [0.717, 1.165) is 77.0 Å². The van der Waals surface area contributed by atoms with Gasteiger partial charge in [-0.05, 0) is 77.0 Å². The van der Waals surface area contributed by atoms with Crippen LogP contribution in [0.1, 0.15) is 348 Å². The van der Waals surface area contributed by atoms with Crippen molar-refractivity contribution in [1.29, 1.82) is 0 Å². The monoisotopic (exact) mass is 1010 g/mol. The highest BCUT2D eigenvalue weighted by molar-refractivity contribution is 5.71. The Kier molecular flexibility index (Phi) is 59.2. The van der Waals surface area contributed by atoms with Crippen molar-refractivity contribution in [2.45, 2.75) is 354 Å². The first-order chi connectivity index (χ1) is 35.5. The zero-order valence-electron chi connectivity index (χ0n) is 48.5. The largest absolute Gasteiger partial charge is 0.462 e. The van der Waals surface area contributed by atoms with Crippen LogP contribution in [-0.4, -0.2) is 37.2 Å². The smallest absolute Gasteiger partial charge is 0.306 e. The summed E-state index contributed by atoms with van der Waals surface area (Å²) in [5.41, 5.74) is 0. The highest BCUT2D eigenvalue weighted by Crippen LogP contribution is 2.18. The highest BCUT2D eigenvalue weighted by Gasteiger charge is 2.19. The third-order valence-electron chi connectivity index (χ3n) is 14.4. The maximum absolute atomic E-state index is 12.9. The fourth-order valence-corrected chi connectivity index (χ4v) is 9.53. The standard InChI is InChI=1S/C66H122O6/c1-4-7-10-13-16-19-22-25-27-29-30-31-32-33-34-35-37-38-41-44-47-50-53-56-59-65(68)71-62-63(61-70-64(67)58-55-52-49-46-43-40-24-21-18-15-12-9-6-3)72-66(69)60-57-54-51-48-45-42-39-36-28-26-23-20-17-14-11-8-5-2/h17,20-21,24,26,28,63H,4-16,18-19,22-23,25,27,29-62H2,1-3H3/b20-17-,24-21-,28-26-. The summed E-state index contributed by atoms with van der Waals surface area (Å²) < 4.78 is 16.9. The van der Waals surface area contributed by atoms with E-state index in [1.807, 2.05) is 0 Å². The van der Waals surface area contributed by atoms with Crippen LogP contribution in [0.4, 0.5) is 0 Å². The molecule has 0 amide bonds. The minimum absolute atomic E-state index is 0.0740. The lowest BCUT2D eigenvalue weighted by molar-refractivity contribution is -0.167. The van der Waals surface area contributed by atoms with Gasteiger partial charge in [0.2, 0.25) is 0 Å². The number of hydrogen-bond donors (Lipinski definition) is 0. The Morgan fingerprint density at radius 2 is 0.500 bits per heavy atom. The Morgan fingerprint density at radius 3 is 0.819 bits per heavy atom. The molecule has 72 heavy (non-hydrogen) atoms. The predicted octanol–water partition coefficient (Wildman–Crippen LogP) is 21.6. The van der Waals surface area contributed by atoms with E-state index >= 15 is 0 Å². The summed E-state index contributed by atoms with van der Waals surface area (Å²) in [5, 5.41) is 0. The highest BCUT2D eigenvalue weighted by atomic mass is 16.6. The van der Waals surface area contributed by atoms with Crippen LogP contribution in [0.3, 0.4) is 0 Å². The van der Waals surface area contributed by atoms with Gasteiger partial charge in [0.1, 0.15) is 13.2 Å². The molecule has 0 radical (unpaired) electrons. The van der Waals surface area contributed by atoms with Crippen molar-refractivity contribution < 1.29 is 28.6 Å². The van der Waals surface area contributed by atoms with E-state index < -0.39 is 6.10 Å². The van der Waals surface area contributed by atoms with Gasteiger partial charge >= 0.3 is 17.9 Å². The van der Waals surface area contributed by atoms with E-state index in [4.69, 9.17) is 14.2 Å². The maximum Gasteiger partial charge on any atom is 0.306 e. The normalized spacial score (nSPS) is 12.2. The molecule has 0 saturated carbocycles. The second-order valence-corrected chi connectivity index (χ2v) is 21.7. The Hall–Kier alpha value is -2.37. The summed E-state index contributed by atoms with van der Waals surface area (Å²) in [6.07, 6.45) is 74.4. The van der Waals surface area contributed by atoms with Crippen LogP contribution in [-0.2, 0) is 28.6 Å². The predicted molar refractivity (Wildman–Crippen MR) is 312 cm³/mol. The molecule has 0 aliphatic rings. The first-order valence-corrected chi connectivity index (χ1v) is 32.0. The van der Waals surface area contributed by atoms with Gasteiger partial charge in [0.15, 0.2) is 6.10 Å². The summed E-state index contributed by atoms with van der Waals surface area (Å²) in [6.45, 7) is 6.64. The van der Waals surface area contributed by atoms with Crippen LogP contribution in [0.5, 0.6) is 0 Å². The van der Waals surface area contributed by atoms with Crippen LogP contribution < -0.4 is 0 Å². The van der Waals surface area contributed by atoms with Gasteiger partial charge in [-0.2, -0.15) is 0 Å². The van der Waals surface area contributed by atoms with E-state index in [-0.39, 0.29) is 31.1 Å². The van der Waals surface area contributed by atoms with Gasteiger partial charge in [0.05, 0.1) is 0 Å². The molecule has 0 rings (SSSR count). The SMILES string of the molecule is CCCCC/C=C\C/C=C\CCCCCCCCCC(=O)OC(COC(=O)CCCCCCC/C=C\CCCCCC)COC(=O)CCCCCCCCCCCCCCCCCCCCCCCCCC. The van der Waals surface area contributed by atoms with E-state index in [1.165, 1.54) is 231 Å². The molecule has 1 atom stereocenters. The number of carbonyl (C=O) groups excluding carboxylic acids is 3. The van der Waals surface area contributed by atoms with Crippen LogP contribution >= 0.6 is 0 Å². The van der Waals surface area contributed by atoms with Gasteiger partial charge in [-0.3, -0.25) is 14.4 Å². The molecule has 0 spiro atoms. The molecule has 0 fully saturated rings. The molecular formula is C66H122O6. The van der Waals surface area contributed by atoms with Crippen molar-refractivity contribution in [1.82, 2.24) is 0 Å². The molecule has 1 unspecified atom stereocenters. The Bertz CT molecular complexity index is 1210. The Morgan fingerprint density at radius 1 is 0.278 bits per heavy atom. The van der Waals surface area contributed by atoms with Crippen LogP contribution in [0, 0.1) is 0 Å². The topological polar surface area (TPSA) is 78.9 Å². The fraction of sp³-hybridized carbons (Fsp3) is 0.864. The molecule has 0 aromatic heterocycles. The fourth-order valence-electron chi connectivity index (χ4n) is 9.53. The summed E-state index contributed by atoms with van der Waals surface area (Å²) >= 11 is 0. The molecule has 0 aromatic rings. The summed E-state index contributed by atoms with van der Waals surface area (Å²) in [7, 11) is 0. The third-order valence-corrected chi connectivity index (χ3v) is 14.4.